The summed E-state index contributed by atoms with van der Waals surface area (Å²) in [5.41, 5.74) is -3.57. The smallest absolute Gasteiger partial charge is 0.342 e. The molecule has 0 fully saturated rings. The summed E-state index contributed by atoms with van der Waals surface area (Å²) in [6, 6.07) is 8.76. The van der Waals surface area contributed by atoms with Crippen LogP contribution in [-0.4, -0.2) is 40.2 Å². The highest BCUT2D eigenvalue weighted by Crippen LogP contribution is 2.38. The Labute approximate surface area is 190 Å². The van der Waals surface area contributed by atoms with Gasteiger partial charge in [-0.25, -0.2) is 8.42 Å². The Morgan fingerprint density at radius 1 is 1.15 bits per heavy atom. The molecule has 0 radical (unpaired) electrons. The molecule has 4 rings (SSSR count). The number of alkyl halides is 3. The Morgan fingerprint density at radius 2 is 1.82 bits per heavy atom. The van der Waals surface area contributed by atoms with E-state index in [9.17, 15) is 31.2 Å². The number of aryl methyl sites for hydroxylation is 1. The summed E-state index contributed by atoms with van der Waals surface area (Å²) >= 11 is 0. The van der Waals surface area contributed by atoms with Crippen LogP contribution in [0.4, 0.5) is 18.9 Å². The average Bonchev–Trinajstić information content (AvgIpc) is 3.14. The van der Waals surface area contributed by atoms with Crippen LogP contribution < -0.4 is 10.9 Å². The van der Waals surface area contributed by atoms with Gasteiger partial charge in [-0.15, -0.1) is 0 Å². The van der Waals surface area contributed by atoms with Crippen molar-refractivity contribution in [1.82, 2.24) is 19.6 Å². The highest BCUT2D eigenvalue weighted by Gasteiger charge is 2.39. The van der Waals surface area contributed by atoms with Gasteiger partial charge in [-0.05, 0) is 18.6 Å². The molecule has 4 aromatic rings. The minimum Gasteiger partial charge on any atom is -0.342 e. The summed E-state index contributed by atoms with van der Waals surface area (Å²) in [5.74, 6) is -1.04. The van der Waals surface area contributed by atoms with Crippen LogP contribution in [0.1, 0.15) is 21.7 Å². The lowest BCUT2D eigenvalue weighted by Gasteiger charge is -2.11. The number of sulfone groups is 1. The van der Waals surface area contributed by atoms with E-state index in [1.165, 1.54) is 31.3 Å². The molecule has 0 aliphatic heterocycles. The fourth-order valence-electron chi connectivity index (χ4n) is 3.51. The van der Waals surface area contributed by atoms with E-state index in [0.29, 0.717) is 4.52 Å². The van der Waals surface area contributed by atoms with Crippen LogP contribution in [0.25, 0.3) is 16.8 Å². The van der Waals surface area contributed by atoms with Crippen LogP contribution in [-0.2, 0) is 16.0 Å². The molecule has 2 N–H and O–H groups in total. The van der Waals surface area contributed by atoms with Crippen molar-refractivity contribution in [3.8, 4) is 11.1 Å². The molecule has 1 aromatic carbocycles. The number of nitrogens with zero attached hydrogens (tertiary/aromatic N) is 3. The molecule has 0 aliphatic rings. The number of rotatable bonds is 4. The van der Waals surface area contributed by atoms with Crippen LogP contribution >= 0.6 is 0 Å². The SMILES string of the molecule is Cc1[nH]c2c(-c3ccccc3)c(C(F)(F)F)nn2c(=O)c1C(=O)Nc1cnccc1S(C)(=O)=O. The van der Waals surface area contributed by atoms with Gasteiger partial charge >= 0.3 is 6.18 Å². The maximum atomic E-state index is 13.8. The minimum atomic E-state index is -4.88. The summed E-state index contributed by atoms with van der Waals surface area (Å²) in [6.07, 6.45) is -1.66. The Hall–Kier alpha value is -4.00. The maximum absolute atomic E-state index is 13.8. The number of halogens is 3. The lowest BCUT2D eigenvalue weighted by molar-refractivity contribution is -0.140. The number of amides is 1. The Bertz CT molecular complexity index is 1590. The van der Waals surface area contributed by atoms with Crippen LogP contribution in [0.2, 0.25) is 0 Å². The molecule has 0 spiro atoms. The number of aromatic amines is 1. The van der Waals surface area contributed by atoms with Crippen LogP contribution in [0.15, 0.2) is 58.5 Å². The number of nitrogens with one attached hydrogen (secondary N) is 2. The number of pyridine rings is 1. The van der Waals surface area contributed by atoms with Gasteiger partial charge in [0.1, 0.15) is 11.2 Å². The van der Waals surface area contributed by atoms with Gasteiger partial charge in [0.2, 0.25) is 0 Å². The third-order valence-electron chi connectivity index (χ3n) is 4.96. The van der Waals surface area contributed by atoms with Crippen LogP contribution in [0, 0.1) is 6.92 Å². The second-order valence-electron chi connectivity index (χ2n) is 7.38. The molecular weight excluding hydrogens is 475 g/mol. The summed E-state index contributed by atoms with van der Waals surface area (Å²) < 4.78 is 65.8. The second kappa shape index (κ2) is 8.09. The predicted molar refractivity (Wildman–Crippen MR) is 116 cm³/mol. The van der Waals surface area contributed by atoms with E-state index in [4.69, 9.17) is 0 Å². The zero-order valence-corrected chi connectivity index (χ0v) is 18.5. The first-order valence-electron chi connectivity index (χ1n) is 9.63. The maximum Gasteiger partial charge on any atom is 0.435 e. The third-order valence-corrected chi connectivity index (χ3v) is 6.11. The van der Waals surface area contributed by atoms with E-state index >= 15 is 0 Å². The molecule has 0 atom stereocenters. The number of fused-ring (bicyclic) bond motifs is 1. The monoisotopic (exact) mass is 491 g/mol. The number of hydrogen-bond acceptors (Lipinski definition) is 6. The summed E-state index contributed by atoms with van der Waals surface area (Å²) in [7, 11) is -3.75. The minimum absolute atomic E-state index is 0.0365. The number of carbonyl (C=O) groups excluding carboxylic acids is 1. The van der Waals surface area contributed by atoms with Gasteiger partial charge in [0.05, 0.1) is 22.3 Å². The number of aromatic nitrogens is 4. The fraction of sp³-hybridized carbons (Fsp3) is 0.143. The molecule has 3 aromatic heterocycles. The first-order chi connectivity index (χ1) is 15.9. The normalized spacial score (nSPS) is 12.1. The van der Waals surface area contributed by atoms with E-state index in [0.717, 1.165) is 12.5 Å². The second-order valence-corrected chi connectivity index (χ2v) is 9.36. The Morgan fingerprint density at radius 3 is 2.44 bits per heavy atom. The molecule has 0 saturated carbocycles. The van der Waals surface area contributed by atoms with Gasteiger partial charge in [-0.2, -0.15) is 22.8 Å². The summed E-state index contributed by atoms with van der Waals surface area (Å²) in [6.45, 7) is 1.34. The first kappa shape index (κ1) is 23.2. The molecule has 0 saturated heterocycles. The van der Waals surface area contributed by atoms with Crippen LogP contribution in [0.5, 0.6) is 0 Å². The number of anilines is 1. The van der Waals surface area contributed by atoms with Crippen molar-refractivity contribution in [2.75, 3.05) is 11.6 Å². The molecular formula is C21H16F3N5O4S. The predicted octanol–water partition coefficient (Wildman–Crippen LogP) is 3.07. The molecule has 34 heavy (non-hydrogen) atoms. The molecule has 9 nitrogen and oxygen atoms in total. The van der Waals surface area contributed by atoms with E-state index in [-0.39, 0.29) is 33.1 Å². The zero-order valence-electron chi connectivity index (χ0n) is 17.6. The van der Waals surface area contributed by atoms with E-state index in [1.807, 2.05) is 0 Å². The topological polar surface area (TPSA) is 126 Å². The molecule has 13 heteroatoms. The number of hydrogen-bond donors (Lipinski definition) is 2. The largest absolute Gasteiger partial charge is 0.435 e. The van der Waals surface area contributed by atoms with Crippen molar-refractivity contribution in [1.29, 1.82) is 0 Å². The van der Waals surface area contributed by atoms with Gasteiger partial charge in [-0.3, -0.25) is 14.6 Å². The van der Waals surface area contributed by atoms with Crippen molar-refractivity contribution in [3.05, 3.63) is 76.1 Å². The highest BCUT2D eigenvalue weighted by atomic mass is 32.2. The standard InChI is InChI=1S/C21H16F3N5O4S/c1-11-15(19(30)27-13-10-25-9-8-14(13)34(2,32)33)20(31)29-18(26-11)16(12-6-4-3-5-7-12)17(28-29)21(22,23)24/h3-10,26H,1-2H3,(H,27,30). The van der Waals surface area contributed by atoms with Gasteiger partial charge in [0.15, 0.2) is 15.5 Å². The molecule has 1 amide bonds. The van der Waals surface area contributed by atoms with E-state index in [1.54, 1.807) is 18.2 Å². The third kappa shape index (κ3) is 4.05. The van der Waals surface area contributed by atoms with Gasteiger partial charge < -0.3 is 10.3 Å². The molecule has 0 bridgehead atoms. The van der Waals surface area contributed by atoms with Gasteiger partial charge in [-0.1, -0.05) is 30.3 Å². The summed E-state index contributed by atoms with van der Waals surface area (Å²) in [5, 5.41) is 5.77. The van der Waals surface area contributed by atoms with E-state index in [2.05, 4.69) is 20.4 Å². The van der Waals surface area contributed by atoms with Crippen molar-refractivity contribution in [3.63, 3.8) is 0 Å². The zero-order chi connectivity index (χ0) is 24.8. The number of H-pyrrole nitrogens is 1. The fourth-order valence-corrected chi connectivity index (χ4v) is 4.33. The molecule has 176 valence electrons. The van der Waals surface area contributed by atoms with Crippen molar-refractivity contribution in [2.24, 2.45) is 0 Å². The number of carbonyl (C=O) groups is 1. The Balaban J connectivity index is 1.91. The quantitative estimate of drug-likeness (QED) is 0.452. The van der Waals surface area contributed by atoms with Gasteiger partial charge in [0.25, 0.3) is 11.5 Å². The lowest BCUT2D eigenvalue weighted by Crippen LogP contribution is -2.29. The lowest BCUT2D eigenvalue weighted by atomic mass is 10.1. The van der Waals surface area contributed by atoms with E-state index < -0.39 is 38.7 Å². The van der Waals surface area contributed by atoms with Gasteiger partial charge in [0, 0.05) is 18.1 Å². The molecule has 0 aliphatic carbocycles. The first-order valence-corrected chi connectivity index (χ1v) is 11.5. The van der Waals surface area contributed by atoms with Crippen LogP contribution in [0.3, 0.4) is 0 Å². The molecule has 3 heterocycles. The van der Waals surface area contributed by atoms with Crippen molar-refractivity contribution >= 4 is 27.1 Å². The average molecular weight is 491 g/mol. The Kier molecular flexibility index (Phi) is 5.52. The number of benzene rings is 1. The highest BCUT2D eigenvalue weighted by molar-refractivity contribution is 7.90. The van der Waals surface area contributed by atoms with Crippen molar-refractivity contribution < 1.29 is 26.4 Å². The van der Waals surface area contributed by atoms with Crippen molar-refractivity contribution in [2.45, 2.75) is 18.0 Å². The summed E-state index contributed by atoms with van der Waals surface area (Å²) in [4.78, 5) is 32.2. The molecule has 0 unspecified atom stereocenters.